The van der Waals surface area contributed by atoms with Crippen molar-refractivity contribution >= 4 is 45.5 Å². The minimum absolute atomic E-state index is 0.679. The number of para-hydroxylation sites is 1. The monoisotopic (exact) mass is 434 g/mol. The molecule has 0 radical (unpaired) electrons. The van der Waals surface area contributed by atoms with Crippen molar-refractivity contribution in [1.82, 2.24) is 14.9 Å². The summed E-state index contributed by atoms with van der Waals surface area (Å²) in [6, 6.07) is 20.0. The van der Waals surface area contributed by atoms with Gasteiger partial charge in [0, 0.05) is 52.8 Å². The first-order valence-electron chi connectivity index (χ1n) is 9.87. The zero-order valence-corrected chi connectivity index (χ0v) is 18.3. The first-order chi connectivity index (χ1) is 14.6. The SMILES string of the molecule is Cc1[nH]c2ccccc2c1CCN(Cc1cccnc1)C(=S)Nc1ccc(Cl)cc1. The van der Waals surface area contributed by atoms with E-state index >= 15 is 0 Å². The summed E-state index contributed by atoms with van der Waals surface area (Å²) in [5.74, 6) is 0. The summed E-state index contributed by atoms with van der Waals surface area (Å²) in [5, 5.41) is 5.99. The number of pyridine rings is 1. The minimum atomic E-state index is 0.679. The van der Waals surface area contributed by atoms with Gasteiger partial charge in [-0.15, -0.1) is 0 Å². The molecule has 2 aromatic heterocycles. The fraction of sp³-hybridized carbons (Fsp3) is 0.167. The van der Waals surface area contributed by atoms with Crippen LogP contribution in [0.2, 0.25) is 5.02 Å². The number of aryl methyl sites for hydroxylation is 1. The maximum Gasteiger partial charge on any atom is 0.173 e. The predicted molar refractivity (Wildman–Crippen MR) is 129 cm³/mol. The van der Waals surface area contributed by atoms with Crippen LogP contribution in [-0.4, -0.2) is 26.5 Å². The summed E-state index contributed by atoms with van der Waals surface area (Å²) >= 11 is 11.8. The number of aromatic amines is 1. The van der Waals surface area contributed by atoms with Crippen LogP contribution in [0.1, 0.15) is 16.8 Å². The molecule has 0 aliphatic rings. The smallest absolute Gasteiger partial charge is 0.173 e. The molecule has 2 heterocycles. The van der Waals surface area contributed by atoms with Crippen molar-refractivity contribution in [3.8, 4) is 0 Å². The number of aromatic nitrogens is 2. The first-order valence-corrected chi connectivity index (χ1v) is 10.7. The molecule has 0 fully saturated rings. The number of hydrogen-bond acceptors (Lipinski definition) is 2. The molecule has 2 aromatic carbocycles. The van der Waals surface area contributed by atoms with Crippen LogP contribution in [0.15, 0.2) is 73.1 Å². The fourth-order valence-corrected chi connectivity index (χ4v) is 4.00. The topological polar surface area (TPSA) is 44.0 Å². The zero-order valence-electron chi connectivity index (χ0n) is 16.7. The van der Waals surface area contributed by atoms with Gasteiger partial charge in [-0.05, 0) is 73.1 Å². The van der Waals surface area contributed by atoms with Crippen molar-refractivity contribution in [2.75, 3.05) is 11.9 Å². The molecule has 6 heteroatoms. The van der Waals surface area contributed by atoms with Gasteiger partial charge >= 0.3 is 0 Å². The Morgan fingerprint density at radius 1 is 1.10 bits per heavy atom. The standard InChI is InChI=1S/C24H23ClN4S/c1-17-21(22-6-2-3-7-23(22)27-17)12-14-29(16-18-5-4-13-26-15-18)24(30)28-20-10-8-19(25)9-11-20/h2-11,13,15,27H,12,14,16H2,1H3,(H,28,30). The number of hydrogen-bond donors (Lipinski definition) is 2. The molecule has 0 saturated carbocycles. The Balaban J connectivity index is 1.54. The van der Waals surface area contributed by atoms with E-state index in [2.05, 4.69) is 57.4 Å². The van der Waals surface area contributed by atoms with Crippen molar-refractivity contribution in [1.29, 1.82) is 0 Å². The summed E-state index contributed by atoms with van der Waals surface area (Å²) in [4.78, 5) is 9.91. The molecule has 30 heavy (non-hydrogen) atoms. The number of halogens is 1. The maximum absolute atomic E-state index is 6.01. The average Bonchev–Trinajstić information content (AvgIpc) is 3.08. The Kier molecular flexibility index (Phi) is 6.31. The Labute approximate surface area is 186 Å². The van der Waals surface area contributed by atoms with E-state index in [1.807, 2.05) is 36.5 Å². The molecule has 0 bridgehead atoms. The molecule has 152 valence electrons. The number of benzene rings is 2. The second-order valence-corrected chi connectivity index (χ2v) is 8.07. The van der Waals surface area contributed by atoms with E-state index in [0.717, 1.165) is 24.2 Å². The van der Waals surface area contributed by atoms with Gasteiger partial charge in [-0.2, -0.15) is 0 Å². The van der Waals surface area contributed by atoms with Gasteiger partial charge in [0.2, 0.25) is 0 Å². The van der Waals surface area contributed by atoms with Gasteiger partial charge in [0.25, 0.3) is 0 Å². The predicted octanol–water partition coefficient (Wildman–Crippen LogP) is 5.97. The number of H-pyrrole nitrogens is 1. The number of nitrogens with zero attached hydrogens (tertiary/aromatic N) is 2. The molecule has 4 nitrogen and oxygen atoms in total. The lowest BCUT2D eigenvalue weighted by atomic mass is 10.1. The first kappa shape index (κ1) is 20.4. The normalized spacial score (nSPS) is 10.9. The lowest BCUT2D eigenvalue weighted by molar-refractivity contribution is 0.422. The second-order valence-electron chi connectivity index (χ2n) is 7.24. The fourth-order valence-electron chi connectivity index (χ4n) is 3.60. The molecule has 2 N–H and O–H groups in total. The van der Waals surface area contributed by atoms with Crippen LogP contribution in [0.4, 0.5) is 5.69 Å². The molecular weight excluding hydrogens is 412 g/mol. The highest BCUT2D eigenvalue weighted by Gasteiger charge is 2.14. The lowest BCUT2D eigenvalue weighted by Crippen LogP contribution is -2.36. The van der Waals surface area contributed by atoms with Gasteiger partial charge in [0.1, 0.15) is 0 Å². The summed E-state index contributed by atoms with van der Waals surface area (Å²) in [7, 11) is 0. The van der Waals surface area contributed by atoms with E-state index in [0.29, 0.717) is 16.7 Å². The summed E-state index contributed by atoms with van der Waals surface area (Å²) in [6.07, 6.45) is 4.56. The molecular formula is C24H23ClN4S. The highest BCUT2D eigenvalue weighted by molar-refractivity contribution is 7.80. The number of nitrogens with one attached hydrogen (secondary N) is 2. The molecule has 0 aliphatic carbocycles. The van der Waals surface area contributed by atoms with Crippen LogP contribution in [-0.2, 0) is 13.0 Å². The molecule has 0 atom stereocenters. The van der Waals surface area contributed by atoms with E-state index in [1.165, 1.54) is 22.2 Å². The van der Waals surface area contributed by atoms with Gasteiger partial charge in [0.15, 0.2) is 5.11 Å². The quantitative estimate of drug-likeness (QED) is 0.367. The Morgan fingerprint density at radius 2 is 1.90 bits per heavy atom. The number of anilines is 1. The van der Waals surface area contributed by atoms with Gasteiger partial charge in [-0.25, -0.2) is 0 Å². The summed E-state index contributed by atoms with van der Waals surface area (Å²) in [5.41, 5.74) is 5.74. The highest BCUT2D eigenvalue weighted by Crippen LogP contribution is 2.23. The van der Waals surface area contributed by atoms with Crippen LogP contribution >= 0.6 is 23.8 Å². The van der Waals surface area contributed by atoms with Gasteiger partial charge < -0.3 is 15.2 Å². The van der Waals surface area contributed by atoms with Gasteiger partial charge in [-0.1, -0.05) is 35.9 Å². The molecule has 0 unspecified atom stereocenters. The molecule has 0 saturated heterocycles. The summed E-state index contributed by atoms with van der Waals surface area (Å²) < 4.78 is 0. The molecule has 4 rings (SSSR count). The van der Waals surface area contributed by atoms with Crippen molar-refractivity contribution < 1.29 is 0 Å². The Bertz CT molecular complexity index is 1140. The third-order valence-electron chi connectivity index (χ3n) is 5.14. The third kappa shape index (κ3) is 4.81. The van der Waals surface area contributed by atoms with Crippen molar-refractivity contribution in [3.05, 3.63) is 94.9 Å². The van der Waals surface area contributed by atoms with E-state index in [9.17, 15) is 0 Å². The van der Waals surface area contributed by atoms with Crippen molar-refractivity contribution in [3.63, 3.8) is 0 Å². The molecule has 0 aliphatic heterocycles. The number of thiocarbonyl (C=S) groups is 1. The van der Waals surface area contributed by atoms with Crippen LogP contribution in [0.5, 0.6) is 0 Å². The van der Waals surface area contributed by atoms with Crippen molar-refractivity contribution in [2.45, 2.75) is 19.9 Å². The van der Waals surface area contributed by atoms with Crippen LogP contribution in [0.3, 0.4) is 0 Å². The molecule has 0 amide bonds. The third-order valence-corrected chi connectivity index (χ3v) is 5.75. The van der Waals surface area contributed by atoms with E-state index in [1.54, 1.807) is 6.20 Å². The molecule has 4 aromatic rings. The average molecular weight is 435 g/mol. The van der Waals surface area contributed by atoms with Gasteiger partial charge in [0.05, 0.1) is 0 Å². The number of fused-ring (bicyclic) bond motifs is 1. The summed E-state index contributed by atoms with van der Waals surface area (Å²) in [6.45, 7) is 3.61. The molecule has 0 spiro atoms. The van der Waals surface area contributed by atoms with Crippen LogP contribution < -0.4 is 5.32 Å². The minimum Gasteiger partial charge on any atom is -0.358 e. The maximum atomic E-state index is 6.01. The second kappa shape index (κ2) is 9.28. The van der Waals surface area contributed by atoms with Gasteiger partial charge in [-0.3, -0.25) is 4.98 Å². The van der Waals surface area contributed by atoms with E-state index < -0.39 is 0 Å². The Morgan fingerprint density at radius 3 is 2.67 bits per heavy atom. The largest absolute Gasteiger partial charge is 0.358 e. The van der Waals surface area contributed by atoms with Crippen molar-refractivity contribution in [2.24, 2.45) is 0 Å². The highest BCUT2D eigenvalue weighted by atomic mass is 35.5. The van der Waals surface area contributed by atoms with E-state index in [-0.39, 0.29) is 0 Å². The zero-order chi connectivity index (χ0) is 20.9. The lowest BCUT2D eigenvalue weighted by Gasteiger charge is -2.26. The Hall–Kier alpha value is -2.89. The number of rotatable bonds is 6. The van der Waals surface area contributed by atoms with Crippen LogP contribution in [0.25, 0.3) is 10.9 Å². The van der Waals surface area contributed by atoms with E-state index in [4.69, 9.17) is 23.8 Å². The van der Waals surface area contributed by atoms with Crippen LogP contribution in [0, 0.1) is 6.92 Å².